The van der Waals surface area contributed by atoms with Crippen molar-refractivity contribution in [3.05, 3.63) is 217 Å². The lowest BCUT2D eigenvalue weighted by Gasteiger charge is -2.16. The van der Waals surface area contributed by atoms with E-state index in [1.165, 1.54) is 27.8 Å². The first-order valence-electron chi connectivity index (χ1n) is 19.2. The third-order valence-electron chi connectivity index (χ3n) is 10.6. The van der Waals surface area contributed by atoms with Crippen molar-refractivity contribution in [1.29, 1.82) is 0 Å². The fourth-order valence-corrected chi connectivity index (χ4v) is 7.72. The van der Waals surface area contributed by atoms with Gasteiger partial charge in [-0.05, 0) is 81.1 Å². The molecule has 0 amide bonds. The first-order chi connectivity index (χ1) is 27.6. The topological polar surface area (TPSA) is 37.9 Å². The SMILES string of the molecule is C=C(N=C(N=C(C)c1ccc(-c2ccccc2)c(-c2ccccc2)c1)C1=CCCc2oc3ccccc3c21)c1ccc(-c2ccccc2-c2ccccc2)cc1. The molecule has 0 N–H and O–H groups in total. The third kappa shape index (κ3) is 6.87. The molecule has 1 heterocycles. The highest BCUT2D eigenvalue weighted by atomic mass is 16.3. The van der Waals surface area contributed by atoms with E-state index < -0.39 is 0 Å². The van der Waals surface area contributed by atoms with Crippen LogP contribution in [0.4, 0.5) is 0 Å². The van der Waals surface area contributed by atoms with Crippen molar-refractivity contribution >= 4 is 33.8 Å². The second-order valence-corrected chi connectivity index (χ2v) is 14.1. The minimum absolute atomic E-state index is 0.617. The van der Waals surface area contributed by atoms with Crippen LogP contribution in [-0.2, 0) is 6.42 Å². The summed E-state index contributed by atoms with van der Waals surface area (Å²) >= 11 is 0. The van der Waals surface area contributed by atoms with E-state index in [1.807, 2.05) is 12.1 Å². The van der Waals surface area contributed by atoms with Crippen LogP contribution in [0.2, 0.25) is 0 Å². The predicted octanol–water partition coefficient (Wildman–Crippen LogP) is 14.0. The highest BCUT2D eigenvalue weighted by Crippen LogP contribution is 2.39. The van der Waals surface area contributed by atoms with E-state index in [0.717, 1.165) is 74.2 Å². The number of aryl methyl sites for hydroxylation is 1. The Bertz CT molecular complexity index is 2790. The molecule has 0 fully saturated rings. The van der Waals surface area contributed by atoms with Crippen molar-refractivity contribution in [2.75, 3.05) is 0 Å². The Morgan fingerprint density at radius 1 is 0.518 bits per heavy atom. The summed E-state index contributed by atoms with van der Waals surface area (Å²) in [5.74, 6) is 1.58. The van der Waals surface area contributed by atoms with Crippen molar-refractivity contribution < 1.29 is 4.42 Å². The third-order valence-corrected chi connectivity index (χ3v) is 10.6. The molecule has 0 bridgehead atoms. The molecule has 7 aromatic carbocycles. The smallest absolute Gasteiger partial charge is 0.160 e. The van der Waals surface area contributed by atoms with Crippen LogP contribution in [0.5, 0.6) is 0 Å². The number of furan rings is 1. The number of para-hydroxylation sites is 1. The summed E-state index contributed by atoms with van der Waals surface area (Å²) < 4.78 is 6.40. The van der Waals surface area contributed by atoms with Crippen molar-refractivity contribution in [2.24, 2.45) is 9.98 Å². The van der Waals surface area contributed by atoms with Gasteiger partial charge in [-0.3, -0.25) is 0 Å². The average molecular weight is 721 g/mol. The number of allylic oxidation sites excluding steroid dienone is 1. The second kappa shape index (κ2) is 15.3. The molecule has 0 saturated heterocycles. The monoisotopic (exact) mass is 720 g/mol. The van der Waals surface area contributed by atoms with Crippen molar-refractivity contribution in [2.45, 2.75) is 19.8 Å². The maximum absolute atomic E-state index is 6.40. The van der Waals surface area contributed by atoms with Gasteiger partial charge < -0.3 is 4.42 Å². The number of amidine groups is 1. The Labute approximate surface area is 328 Å². The standard InChI is InChI=1S/C53H40N2O/c1-36(38-29-31-42(32-30-38)45-24-13-12-23-44(45)39-17-6-3-7-18-39)54-53(48-26-16-28-51-52(48)47-25-14-15-27-50(47)56-51)55-37(2)43-33-34-46(40-19-8-4-9-20-40)49(35-43)41-21-10-5-11-22-41/h3-15,17-27,29-35H,1,16,28H2,2H3. The maximum Gasteiger partial charge on any atom is 0.160 e. The fourth-order valence-electron chi connectivity index (χ4n) is 7.72. The number of rotatable bonds is 8. The van der Waals surface area contributed by atoms with E-state index in [4.69, 9.17) is 14.4 Å². The van der Waals surface area contributed by atoms with E-state index in [-0.39, 0.29) is 0 Å². The van der Waals surface area contributed by atoms with Gasteiger partial charge in [0.1, 0.15) is 11.3 Å². The Kier molecular flexibility index (Phi) is 9.49. The fraction of sp³-hybridized carbons (Fsp3) is 0.0566. The molecule has 9 rings (SSSR count). The summed E-state index contributed by atoms with van der Waals surface area (Å²) in [4.78, 5) is 10.6. The van der Waals surface area contributed by atoms with E-state index in [2.05, 4.69) is 189 Å². The van der Waals surface area contributed by atoms with Gasteiger partial charge in [0.05, 0.1) is 5.70 Å². The van der Waals surface area contributed by atoms with E-state index in [0.29, 0.717) is 11.5 Å². The van der Waals surface area contributed by atoms with Gasteiger partial charge in [0.25, 0.3) is 0 Å². The van der Waals surface area contributed by atoms with Gasteiger partial charge in [-0.2, -0.15) is 0 Å². The van der Waals surface area contributed by atoms with Gasteiger partial charge in [-0.1, -0.05) is 183 Å². The number of aliphatic imine (C=N–C) groups is 2. The zero-order valence-corrected chi connectivity index (χ0v) is 31.3. The van der Waals surface area contributed by atoms with Crippen LogP contribution in [-0.4, -0.2) is 11.5 Å². The van der Waals surface area contributed by atoms with Crippen LogP contribution in [0, 0.1) is 0 Å². The Morgan fingerprint density at radius 3 is 1.68 bits per heavy atom. The van der Waals surface area contributed by atoms with E-state index in [1.54, 1.807) is 0 Å². The summed E-state index contributed by atoms with van der Waals surface area (Å²) in [6, 6.07) is 63.6. The molecule has 56 heavy (non-hydrogen) atoms. The van der Waals surface area contributed by atoms with Gasteiger partial charge in [-0.15, -0.1) is 0 Å². The molecule has 0 atom stereocenters. The van der Waals surface area contributed by atoms with E-state index in [9.17, 15) is 0 Å². The molecule has 0 unspecified atom stereocenters. The van der Waals surface area contributed by atoms with Crippen LogP contribution in [0.3, 0.4) is 0 Å². The van der Waals surface area contributed by atoms with Gasteiger partial charge >= 0.3 is 0 Å². The molecule has 0 aliphatic heterocycles. The first-order valence-corrected chi connectivity index (χ1v) is 19.2. The Hall–Kier alpha value is -7.10. The minimum Gasteiger partial charge on any atom is -0.460 e. The zero-order chi connectivity index (χ0) is 37.8. The molecule has 1 aromatic heterocycles. The van der Waals surface area contributed by atoms with Crippen LogP contribution in [0.15, 0.2) is 209 Å². The summed E-state index contributed by atoms with van der Waals surface area (Å²) in [7, 11) is 0. The number of benzene rings is 7. The molecule has 0 radical (unpaired) electrons. The number of hydrogen-bond donors (Lipinski definition) is 0. The largest absolute Gasteiger partial charge is 0.460 e. The molecule has 0 saturated carbocycles. The lowest BCUT2D eigenvalue weighted by atomic mass is 9.91. The molecule has 3 nitrogen and oxygen atoms in total. The normalized spacial score (nSPS) is 13.0. The summed E-state index contributed by atoms with van der Waals surface area (Å²) in [5.41, 5.74) is 15.7. The highest BCUT2D eigenvalue weighted by molar-refractivity contribution is 6.30. The second-order valence-electron chi connectivity index (χ2n) is 14.1. The van der Waals surface area contributed by atoms with Crippen LogP contribution < -0.4 is 0 Å². The number of nitrogens with zero attached hydrogens (tertiary/aromatic N) is 2. The van der Waals surface area contributed by atoms with Crippen LogP contribution in [0.25, 0.3) is 66.7 Å². The van der Waals surface area contributed by atoms with Crippen molar-refractivity contribution in [3.63, 3.8) is 0 Å². The Balaban J connectivity index is 1.13. The Morgan fingerprint density at radius 2 is 1.04 bits per heavy atom. The minimum atomic E-state index is 0.617. The molecule has 268 valence electrons. The highest BCUT2D eigenvalue weighted by Gasteiger charge is 2.25. The van der Waals surface area contributed by atoms with E-state index >= 15 is 0 Å². The quantitative estimate of drug-likeness (QED) is 0.114. The molecular weight excluding hydrogens is 681 g/mol. The molecule has 3 heteroatoms. The van der Waals surface area contributed by atoms with Gasteiger partial charge in [0.2, 0.25) is 0 Å². The van der Waals surface area contributed by atoms with Crippen LogP contribution in [0.1, 0.15) is 35.8 Å². The summed E-state index contributed by atoms with van der Waals surface area (Å²) in [6.45, 7) is 6.58. The zero-order valence-electron chi connectivity index (χ0n) is 31.3. The first kappa shape index (κ1) is 34.7. The number of hydrogen-bond acceptors (Lipinski definition) is 2. The predicted molar refractivity (Wildman–Crippen MR) is 236 cm³/mol. The van der Waals surface area contributed by atoms with Crippen molar-refractivity contribution in [3.8, 4) is 44.5 Å². The van der Waals surface area contributed by atoms with Crippen molar-refractivity contribution in [1.82, 2.24) is 0 Å². The van der Waals surface area contributed by atoms with Crippen LogP contribution >= 0.6 is 0 Å². The lowest BCUT2D eigenvalue weighted by molar-refractivity contribution is 0.546. The molecule has 1 aliphatic rings. The molecule has 0 spiro atoms. The summed E-state index contributed by atoms with van der Waals surface area (Å²) in [5, 5.41) is 1.07. The summed E-state index contributed by atoms with van der Waals surface area (Å²) in [6.07, 6.45) is 3.92. The number of fused-ring (bicyclic) bond motifs is 3. The molecular formula is C53H40N2O. The van der Waals surface area contributed by atoms with Gasteiger partial charge in [-0.25, -0.2) is 9.98 Å². The van der Waals surface area contributed by atoms with Gasteiger partial charge in [0, 0.05) is 28.7 Å². The lowest BCUT2D eigenvalue weighted by Crippen LogP contribution is -2.09. The molecule has 1 aliphatic carbocycles. The average Bonchev–Trinajstić information content (AvgIpc) is 3.66. The maximum atomic E-state index is 6.40. The molecule has 8 aromatic rings. The van der Waals surface area contributed by atoms with Gasteiger partial charge in [0.15, 0.2) is 5.84 Å².